The Hall–Kier alpha value is -8.56. The van der Waals surface area contributed by atoms with E-state index in [0.29, 0.717) is 0 Å². The lowest BCUT2D eigenvalue weighted by atomic mass is 9.96. The Balaban J connectivity index is 0.867. The normalized spacial score (nSPS) is 12.1. The summed E-state index contributed by atoms with van der Waals surface area (Å²) in [5.41, 5.74) is 23.6. The van der Waals surface area contributed by atoms with Gasteiger partial charge in [0.25, 0.3) is 0 Å². The zero-order valence-electron chi connectivity index (χ0n) is 37.5. The van der Waals surface area contributed by atoms with Crippen LogP contribution in [0.4, 0.5) is 0 Å². The van der Waals surface area contributed by atoms with Gasteiger partial charge in [-0.15, -0.1) is 0 Å². The molecule has 12 aromatic rings. The van der Waals surface area contributed by atoms with Crippen molar-refractivity contribution < 1.29 is 0 Å². The van der Waals surface area contributed by atoms with Crippen molar-refractivity contribution in [1.82, 2.24) is 4.57 Å². The summed E-state index contributed by atoms with van der Waals surface area (Å²) in [5.74, 6) is 0. The zero-order chi connectivity index (χ0) is 45.0. The van der Waals surface area contributed by atoms with Gasteiger partial charge in [0, 0.05) is 16.5 Å². The molecule has 0 amide bonds. The van der Waals surface area contributed by atoms with Crippen LogP contribution < -0.4 is 10.4 Å². The molecule has 68 heavy (non-hydrogen) atoms. The average Bonchev–Trinajstić information content (AvgIpc) is 3.96. The molecule has 0 bridgehead atoms. The van der Waals surface area contributed by atoms with E-state index in [1.807, 2.05) is 0 Å². The van der Waals surface area contributed by atoms with Gasteiger partial charge in [-0.25, -0.2) is 0 Å². The summed E-state index contributed by atoms with van der Waals surface area (Å²) in [5, 5.41) is 5.54. The maximum atomic E-state index is 2.50. The minimum absolute atomic E-state index is 0.671. The lowest BCUT2D eigenvalue weighted by Crippen LogP contribution is -2.21. The number of benzene rings is 11. The van der Waals surface area contributed by atoms with Crippen LogP contribution in [-0.4, -0.2) is 14.1 Å². The highest BCUT2D eigenvalue weighted by atomic mass is 28.2. The van der Waals surface area contributed by atoms with Crippen molar-refractivity contribution in [3.63, 3.8) is 0 Å². The third-order valence-electron chi connectivity index (χ3n) is 14.1. The van der Waals surface area contributed by atoms with Crippen LogP contribution in [0.15, 0.2) is 261 Å². The quantitative estimate of drug-likeness (QED) is 0.134. The number of nitrogens with zero attached hydrogens (tertiary/aromatic N) is 1. The first-order valence-corrected chi connectivity index (χ1v) is 25.0. The summed E-state index contributed by atoms with van der Waals surface area (Å²) in [4.78, 5) is 0. The van der Waals surface area contributed by atoms with E-state index in [1.165, 1.54) is 127 Å². The molecule has 0 N–H and O–H groups in total. The van der Waals surface area contributed by atoms with Gasteiger partial charge in [0.15, 0.2) is 0 Å². The number of rotatable bonds is 8. The number of fused-ring (bicyclic) bond motifs is 6. The summed E-state index contributed by atoms with van der Waals surface area (Å²) in [6.45, 7) is 0. The van der Waals surface area contributed by atoms with Crippen LogP contribution in [0.25, 0.3) is 117 Å². The zero-order valence-corrected chi connectivity index (χ0v) is 38.9. The van der Waals surface area contributed by atoms with Crippen LogP contribution in [-0.2, 0) is 0 Å². The molecule has 0 spiro atoms. The molecule has 318 valence electrons. The third kappa shape index (κ3) is 7.20. The summed E-state index contributed by atoms with van der Waals surface area (Å²) in [6.07, 6.45) is 0. The van der Waals surface area contributed by atoms with Crippen LogP contribution in [0.1, 0.15) is 0 Å². The first kappa shape index (κ1) is 39.8. The topological polar surface area (TPSA) is 4.93 Å². The molecule has 2 heterocycles. The van der Waals surface area contributed by atoms with Gasteiger partial charge in [0.05, 0.1) is 20.6 Å². The van der Waals surface area contributed by atoms with Crippen LogP contribution in [0.3, 0.4) is 0 Å². The second-order valence-corrected chi connectivity index (χ2v) is 20.0. The molecule has 13 rings (SSSR count). The molecule has 0 aliphatic carbocycles. The second kappa shape index (κ2) is 16.7. The fourth-order valence-corrected chi connectivity index (χ4v) is 12.5. The Morgan fingerprint density at radius 3 is 0.897 bits per heavy atom. The number of aromatic nitrogens is 1. The van der Waals surface area contributed by atoms with Crippen LogP contribution >= 0.6 is 0 Å². The molecule has 0 saturated heterocycles. The van der Waals surface area contributed by atoms with Gasteiger partial charge in [-0.3, -0.25) is 0 Å². The van der Waals surface area contributed by atoms with Gasteiger partial charge < -0.3 is 4.57 Å². The van der Waals surface area contributed by atoms with E-state index < -0.39 is 9.52 Å². The van der Waals surface area contributed by atoms with Gasteiger partial charge in [0.1, 0.15) is 0 Å². The average molecular weight is 880 g/mol. The van der Waals surface area contributed by atoms with Crippen molar-refractivity contribution >= 4 is 41.7 Å². The Bertz CT molecular complexity index is 3610. The minimum Gasteiger partial charge on any atom is -0.309 e. The fourth-order valence-electron chi connectivity index (χ4n) is 10.5. The molecule has 1 aliphatic heterocycles. The largest absolute Gasteiger partial charge is 0.309 e. The SMILES string of the molecule is c1ccc(-c2ccc(-c3ccc(-c4ccc5c(c4)c4cc(-c6ccc(-c7ccc(-c8ccccc8)cc7)cc6)ccc4n5-c4ccc5c(c4)[SiH2]c4cc(-c6ccccc6)ccc4-5)cc3)cc2)cc1. The van der Waals surface area contributed by atoms with Crippen molar-refractivity contribution in [2.24, 2.45) is 0 Å². The Kier molecular flexibility index (Phi) is 9.77. The maximum Gasteiger partial charge on any atom is 0.0892 e. The van der Waals surface area contributed by atoms with E-state index in [2.05, 4.69) is 265 Å². The van der Waals surface area contributed by atoms with Gasteiger partial charge in [0.2, 0.25) is 0 Å². The minimum atomic E-state index is -0.671. The molecule has 0 atom stereocenters. The fraction of sp³-hybridized carbons (Fsp3) is 0. The van der Waals surface area contributed by atoms with Gasteiger partial charge in [-0.05, 0) is 125 Å². The molecular weight excluding hydrogens is 835 g/mol. The highest BCUT2D eigenvalue weighted by Gasteiger charge is 2.22. The second-order valence-electron chi connectivity index (χ2n) is 18.1. The van der Waals surface area contributed by atoms with E-state index in [4.69, 9.17) is 0 Å². The Morgan fingerprint density at radius 2 is 0.500 bits per heavy atom. The van der Waals surface area contributed by atoms with Gasteiger partial charge in [-0.1, -0.05) is 235 Å². The van der Waals surface area contributed by atoms with Crippen molar-refractivity contribution in [3.8, 4) is 94.7 Å². The van der Waals surface area contributed by atoms with Gasteiger partial charge in [-0.2, -0.15) is 0 Å². The molecule has 2 heteroatoms. The van der Waals surface area contributed by atoms with Crippen LogP contribution in [0.5, 0.6) is 0 Å². The number of hydrogen-bond acceptors (Lipinski definition) is 0. The predicted octanol–water partition coefficient (Wildman–Crippen LogP) is 15.6. The smallest absolute Gasteiger partial charge is 0.0892 e. The molecule has 11 aromatic carbocycles. The summed E-state index contributed by atoms with van der Waals surface area (Å²) >= 11 is 0. The van der Waals surface area contributed by atoms with Crippen molar-refractivity contribution in [1.29, 1.82) is 0 Å². The molecule has 0 saturated carbocycles. The van der Waals surface area contributed by atoms with E-state index in [0.717, 1.165) is 0 Å². The van der Waals surface area contributed by atoms with Crippen molar-refractivity contribution in [3.05, 3.63) is 261 Å². The van der Waals surface area contributed by atoms with E-state index in [1.54, 1.807) is 0 Å². The lowest BCUT2D eigenvalue weighted by molar-refractivity contribution is 1.18. The first-order chi connectivity index (χ1) is 33.7. The highest BCUT2D eigenvalue weighted by Crippen LogP contribution is 2.39. The molecule has 0 unspecified atom stereocenters. The molecule has 1 nitrogen and oxygen atoms in total. The van der Waals surface area contributed by atoms with Crippen LogP contribution in [0.2, 0.25) is 0 Å². The highest BCUT2D eigenvalue weighted by molar-refractivity contribution is 6.73. The van der Waals surface area contributed by atoms with E-state index >= 15 is 0 Å². The predicted molar refractivity (Wildman–Crippen MR) is 292 cm³/mol. The molecule has 1 aliphatic rings. The molecule has 1 aromatic heterocycles. The summed E-state index contributed by atoms with van der Waals surface area (Å²) < 4.78 is 2.50. The monoisotopic (exact) mass is 879 g/mol. The molecule has 0 radical (unpaired) electrons. The standard InChI is InChI=1S/C66H45NSi/c1-4-10-44(11-5-1)47-16-20-49(21-17-47)51-24-28-53(29-25-51)55-33-38-63-61(40-55)62-41-56(54-30-26-52(27-31-54)50-22-18-48(19-23-50)45-12-6-2-7-13-45)34-39-64(62)67(63)58-35-37-60-59-36-32-57(46-14-8-3-9-15-46)42-65(59)68-66(60)43-58/h1-43H,68H2. The van der Waals surface area contributed by atoms with Gasteiger partial charge >= 0.3 is 0 Å². The van der Waals surface area contributed by atoms with Crippen molar-refractivity contribution in [2.45, 2.75) is 0 Å². The van der Waals surface area contributed by atoms with E-state index in [9.17, 15) is 0 Å². The number of hydrogen-bond donors (Lipinski definition) is 0. The van der Waals surface area contributed by atoms with Crippen LogP contribution in [0, 0.1) is 0 Å². The molecular formula is C66H45NSi. The Labute approximate surface area is 399 Å². The van der Waals surface area contributed by atoms with Crippen molar-refractivity contribution in [2.75, 3.05) is 0 Å². The maximum absolute atomic E-state index is 2.50. The third-order valence-corrected chi connectivity index (χ3v) is 16.0. The summed E-state index contributed by atoms with van der Waals surface area (Å²) in [7, 11) is -0.671. The Morgan fingerprint density at radius 1 is 0.221 bits per heavy atom. The summed E-state index contributed by atoms with van der Waals surface area (Å²) in [6, 6.07) is 96.3. The van der Waals surface area contributed by atoms with E-state index in [-0.39, 0.29) is 0 Å². The first-order valence-electron chi connectivity index (χ1n) is 23.6. The lowest BCUT2D eigenvalue weighted by Gasteiger charge is -2.11. The molecule has 0 fully saturated rings.